The van der Waals surface area contributed by atoms with E-state index in [0.29, 0.717) is 44.0 Å². The minimum Gasteiger partial charge on any atom is -0.481 e. The van der Waals surface area contributed by atoms with E-state index >= 15 is 0 Å². The first-order valence-electron chi connectivity index (χ1n) is 6.98. The Morgan fingerprint density at radius 3 is 2.48 bits per heavy atom. The lowest BCUT2D eigenvalue weighted by atomic mass is 9.76. The number of hydrogen-bond donors (Lipinski definition) is 1. The molecule has 2 heterocycles. The van der Waals surface area contributed by atoms with Crippen molar-refractivity contribution in [2.24, 2.45) is 12.5 Å². The molecule has 0 aromatic carbocycles. The largest absolute Gasteiger partial charge is 0.481 e. The third kappa shape index (κ3) is 2.45. The Morgan fingerprint density at radius 2 is 2.05 bits per heavy atom. The van der Waals surface area contributed by atoms with Crippen LogP contribution >= 0.6 is 0 Å². The van der Waals surface area contributed by atoms with E-state index < -0.39 is 16.3 Å². The smallest absolute Gasteiger partial charge is 0.406 e. The SMILES string of the molecule is CCC1(C(=O)O)CCN(c2c([N+](=O)[O-])nc(C)n2C)CC1. The maximum absolute atomic E-state index is 11.5. The minimum absolute atomic E-state index is 0.158. The number of nitro groups is 1. The standard InChI is InChI=1S/C13H20N4O4/c1-4-13(12(18)19)5-7-16(8-6-13)11-10(17(20)21)14-9(2)15(11)3/h4-8H2,1-3H3,(H,18,19). The van der Waals surface area contributed by atoms with E-state index in [1.54, 1.807) is 18.5 Å². The van der Waals surface area contributed by atoms with Gasteiger partial charge in [-0.2, -0.15) is 0 Å². The summed E-state index contributed by atoms with van der Waals surface area (Å²) in [6.45, 7) is 4.56. The first-order valence-corrected chi connectivity index (χ1v) is 6.98. The summed E-state index contributed by atoms with van der Waals surface area (Å²) in [6, 6.07) is 0. The fraction of sp³-hybridized carbons (Fsp3) is 0.692. The maximum atomic E-state index is 11.5. The van der Waals surface area contributed by atoms with Crippen LogP contribution < -0.4 is 4.90 Å². The average Bonchev–Trinajstić information content (AvgIpc) is 2.75. The molecule has 2 rings (SSSR count). The molecule has 1 aliphatic heterocycles. The van der Waals surface area contributed by atoms with Crippen LogP contribution in [0, 0.1) is 22.5 Å². The van der Waals surface area contributed by atoms with Gasteiger partial charge >= 0.3 is 11.8 Å². The molecular formula is C13H20N4O4. The summed E-state index contributed by atoms with van der Waals surface area (Å²) in [5.74, 6) is 0.101. The molecule has 0 atom stereocenters. The molecule has 21 heavy (non-hydrogen) atoms. The molecule has 1 aliphatic rings. The van der Waals surface area contributed by atoms with Gasteiger partial charge in [-0.05, 0) is 29.2 Å². The summed E-state index contributed by atoms with van der Waals surface area (Å²) in [5, 5.41) is 20.5. The van der Waals surface area contributed by atoms with Crippen LogP contribution in [0.2, 0.25) is 0 Å². The Hall–Kier alpha value is -2.12. The van der Waals surface area contributed by atoms with Crippen molar-refractivity contribution in [3.05, 3.63) is 15.9 Å². The highest BCUT2D eigenvalue weighted by molar-refractivity contribution is 5.75. The van der Waals surface area contributed by atoms with Gasteiger partial charge in [0.2, 0.25) is 11.6 Å². The predicted octanol–water partition coefficient (Wildman–Crippen LogP) is 1.72. The van der Waals surface area contributed by atoms with Crippen LogP contribution in [0.3, 0.4) is 0 Å². The van der Waals surface area contributed by atoms with Crippen LogP contribution in [0.15, 0.2) is 0 Å². The molecule has 0 aliphatic carbocycles. The molecule has 1 aromatic rings. The Labute approximate surface area is 122 Å². The second kappa shape index (κ2) is 5.34. The number of nitrogens with zero attached hydrogens (tertiary/aromatic N) is 4. The lowest BCUT2D eigenvalue weighted by Gasteiger charge is -2.38. The van der Waals surface area contributed by atoms with E-state index in [9.17, 15) is 20.0 Å². The zero-order valence-corrected chi connectivity index (χ0v) is 12.5. The van der Waals surface area contributed by atoms with Crippen LogP contribution in [-0.2, 0) is 11.8 Å². The van der Waals surface area contributed by atoms with Crippen molar-refractivity contribution in [2.75, 3.05) is 18.0 Å². The van der Waals surface area contributed by atoms with Crippen molar-refractivity contribution in [3.63, 3.8) is 0 Å². The lowest BCUT2D eigenvalue weighted by molar-refractivity contribution is -0.388. The van der Waals surface area contributed by atoms with Crippen molar-refractivity contribution in [1.29, 1.82) is 0 Å². The molecular weight excluding hydrogens is 276 g/mol. The third-order valence-electron chi connectivity index (χ3n) is 4.59. The molecule has 116 valence electrons. The summed E-state index contributed by atoms with van der Waals surface area (Å²) < 4.78 is 1.69. The van der Waals surface area contributed by atoms with Gasteiger partial charge in [0.1, 0.15) is 0 Å². The van der Waals surface area contributed by atoms with Gasteiger partial charge in [-0.15, -0.1) is 0 Å². The number of piperidine rings is 1. The van der Waals surface area contributed by atoms with E-state index in [1.807, 2.05) is 11.8 Å². The Balaban J connectivity index is 2.27. The quantitative estimate of drug-likeness (QED) is 0.670. The Bertz CT molecular complexity index is 573. The minimum atomic E-state index is -0.777. The number of aromatic nitrogens is 2. The summed E-state index contributed by atoms with van der Waals surface area (Å²) in [6.07, 6.45) is 1.54. The molecule has 0 radical (unpaired) electrons. The number of rotatable bonds is 4. The zero-order chi connectivity index (χ0) is 15.8. The third-order valence-corrected chi connectivity index (χ3v) is 4.59. The van der Waals surface area contributed by atoms with Crippen LogP contribution in [0.25, 0.3) is 0 Å². The molecule has 0 unspecified atom stereocenters. The normalized spacial score (nSPS) is 17.8. The molecule has 1 fully saturated rings. The van der Waals surface area contributed by atoms with E-state index in [2.05, 4.69) is 4.98 Å². The van der Waals surface area contributed by atoms with Gasteiger partial charge in [0.15, 0.2) is 0 Å². The molecule has 0 spiro atoms. The highest BCUT2D eigenvalue weighted by atomic mass is 16.6. The highest BCUT2D eigenvalue weighted by Gasteiger charge is 2.42. The van der Waals surface area contributed by atoms with Crippen molar-refractivity contribution in [1.82, 2.24) is 9.55 Å². The van der Waals surface area contributed by atoms with Crippen LogP contribution in [0.1, 0.15) is 32.0 Å². The van der Waals surface area contributed by atoms with Gasteiger partial charge in [-0.25, -0.2) is 0 Å². The van der Waals surface area contributed by atoms with Crippen molar-refractivity contribution < 1.29 is 14.8 Å². The fourth-order valence-electron chi connectivity index (χ4n) is 2.92. The Morgan fingerprint density at radius 1 is 1.48 bits per heavy atom. The Kier molecular flexibility index (Phi) is 3.89. The maximum Gasteiger partial charge on any atom is 0.406 e. The van der Waals surface area contributed by atoms with Gasteiger partial charge in [-0.3, -0.25) is 9.36 Å². The molecule has 8 heteroatoms. The number of anilines is 1. The van der Waals surface area contributed by atoms with E-state index in [0.717, 1.165) is 0 Å². The molecule has 1 N–H and O–H groups in total. The van der Waals surface area contributed by atoms with Gasteiger partial charge in [0, 0.05) is 27.1 Å². The van der Waals surface area contributed by atoms with Gasteiger partial charge in [-0.1, -0.05) is 6.92 Å². The fourth-order valence-corrected chi connectivity index (χ4v) is 2.92. The van der Waals surface area contributed by atoms with Crippen LogP contribution in [-0.4, -0.2) is 38.6 Å². The zero-order valence-electron chi connectivity index (χ0n) is 12.5. The van der Waals surface area contributed by atoms with E-state index in [-0.39, 0.29) is 5.82 Å². The number of hydrogen-bond acceptors (Lipinski definition) is 5. The summed E-state index contributed by atoms with van der Waals surface area (Å²) in [7, 11) is 1.74. The molecule has 0 amide bonds. The second-order valence-corrected chi connectivity index (χ2v) is 5.55. The molecule has 1 saturated heterocycles. The van der Waals surface area contributed by atoms with E-state index in [1.165, 1.54) is 0 Å². The summed E-state index contributed by atoms with van der Waals surface area (Å²) in [5.41, 5.74) is -0.709. The molecule has 1 aromatic heterocycles. The number of aliphatic carboxylic acids is 1. The number of aryl methyl sites for hydroxylation is 1. The first-order chi connectivity index (χ1) is 9.82. The molecule has 0 bridgehead atoms. The van der Waals surface area contributed by atoms with Crippen LogP contribution in [0.5, 0.6) is 0 Å². The number of carboxylic acids is 1. The van der Waals surface area contributed by atoms with Crippen molar-refractivity contribution >= 4 is 17.6 Å². The number of imidazole rings is 1. The number of carboxylic acid groups (broad SMARTS) is 1. The lowest BCUT2D eigenvalue weighted by Crippen LogP contribution is -2.44. The van der Waals surface area contributed by atoms with Gasteiger partial charge in [0.05, 0.1) is 5.41 Å². The second-order valence-electron chi connectivity index (χ2n) is 5.55. The van der Waals surface area contributed by atoms with Crippen molar-refractivity contribution in [3.8, 4) is 0 Å². The average molecular weight is 296 g/mol. The topological polar surface area (TPSA) is 102 Å². The summed E-state index contributed by atoms with van der Waals surface area (Å²) >= 11 is 0. The number of carbonyl (C=O) groups is 1. The van der Waals surface area contributed by atoms with Gasteiger partial charge < -0.3 is 20.1 Å². The van der Waals surface area contributed by atoms with Crippen molar-refractivity contribution in [2.45, 2.75) is 33.1 Å². The first kappa shape index (κ1) is 15.3. The summed E-state index contributed by atoms with van der Waals surface area (Å²) in [4.78, 5) is 28.0. The molecule has 0 saturated carbocycles. The monoisotopic (exact) mass is 296 g/mol. The highest BCUT2D eigenvalue weighted by Crippen LogP contribution is 2.38. The van der Waals surface area contributed by atoms with E-state index in [4.69, 9.17) is 0 Å². The molecule has 8 nitrogen and oxygen atoms in total. The van der Waals surface area contributed by atoms with Gasteiger partial charge in [0.25, 0.3) is 0 Å². The predicted molar refractivity (Wildman–Crippen MR) is 76.4 cm³/mol. The van der Waals surface area contributed by atoms with Crippen LogP contribution in [0.4, 0.5) is 11.6 Å².